The number of fused-ring (bicyclic) bond motifs is 1. The number of aromatic nitrogens is 4. The van der Waals surface area contributed by atoms with Crippen molar-refractivity contribution in [3.05, 3.63) is 69.5 Å². The molecule has 35 heavy (non-hydrogen) atoms. The number of benzene rings is 2. The molecule has 1 aliphatic heterocycles. The van der Waals surface area contributed by atoms with Crippen molar-refractivity contribution in [2.75, 3.05) is 50.6 Å². The van der Waals surface area contributed by atoms with Crippen molar-refractivity contribution in [3.63, 3.8) is 0 Å². The Morgan fingerprint density at radius 3 is 2.57 bits per heavy atom. The average molecular weight is 476 g/mol. The second-order valence-electron chi connectivity index (χ2n) is 8.32. The van der Waals surface area contributed by atoms with Crippen LogP contribution < -0.4 is 26.2 Å². The predicted molar refractivity (Wildman–Crippen MR) is 133 cm³/mol. The van der Waals surface area contributed by atoms with Crippen LogP contribution in [0.25, 0.3) is 16.7 Å². The molecule has 2 aromatic carbocycles. The van der Waals surface area contributed by atoms with Gasteiger partial charge >= 0.3 is 5.69 Å². The molecule has 1 fully saturated rings. The number of aromatic hydroxyl groups is 1. The number of H-pyrrole nitrogens is 1. The highest BCUT2D eigenvalue weighted by atomic mass is 16.5. The molecule has 11 nitrogen and oxygen atoms in total. The number of hydrogen-bond donors (Lipinski definition) is 3. The van der Waals surface area contributed by atoms with Gasteiger partial charge < -0.3 is 25.0 Å². The molecule has 0 spiro atoms. The predicted octanol–water partition coefficient (Wildman–Crippen LogP) is 1.68. The van der Waals surface area contributed by atoms with Gasteiger partial charge in [-0.05, 0) is 31.3 Å². The Kier molecular flexibility index (Phi) is 5.83. The average Bonchev–Trinajstić information content (AvgIpc) is 2.85. The van der Waals surface area contributed by atoms with Gasteiger partial charge in [-0.25, -0.2) is 14.3 Å². The number of para-hydroxylation sites is 2. The van der Waals surface area contributed by atoms with Gasteiger partial charge in [-0.15, -0.1) is 0 Å². The highest BCUT2D eigenvalue weighted by Gasteiger charge is 2.18. The zero-order valence-corrected chi connectivity index (χ0v) is 19.4. The van der Waals surface area contributed by atoms with Crippen LogP contribution in [0.1, 0.15) is 0 Å². The standard InChI is InChI=1S/C24H25N7O4/c1-29-9-11-30(12-10-29)18-8-7-15(13-20(18)35-2)26-23-25-14-16-21(27-23)28-24(34)31(22(16)33)17-5-3-4-6-19(17)32/h3-8,13-14,32H,9-12H2,1-2H3,(H2,25,26,27,28,34). The van der Waals surface area contributed by atoms with Gasteiger partial charge in [-0.3, -0.25) is 9.78 Å². The number of phenolic OH excluding ortho intramolecular Hbond substituents is 1. The van der Waals surface area contributed by atoms with Gasteiger partial charge in [-0.1, -0.05) is 12.1 Å². The molecule has 0 radical (unpaired) electrons. The molecule has 4 aromatic rings. The van der Waals surface area contributed by atoms with Crippen LogP contribution in [-0.2, 0) is 0 Å². The molecular formula is C24H25N7O4. The van der Waals surface area contributed by atoms with Crippen LogP contribution in [0.15, 0.2) is 58.3 Å². The molecule has 11 heteroatoms. The summed E-state index contributed by atoms with van der Waals surface area (Å²) in [6, 6.07) is 11.9. The lowest BCUT2D eigenvalue weighted by atomic mass is 10.2. The van der Waals surface area contributed by atoms with Crippen LogP contribution in [0.4, 0.5) is 17.3 Å². The quantitative estimate of drug-likeness (QED) is 0.395. The SMILES string of the molecule is COc1cc(Nc2ncc3c(=O)n(-c4ccccc4O)c(=O)[nH]c3n2)ccc1N1CCN(C)CC1. The topological polar surface area (TPSA) is 129 Å². The van der Waals surface area contributed by atoms with E-state index in [-0.39, 0.29) is 28.4 Å². The first-order chi connectivity index (χ1) is 16.9. The number of likely N-dealkylation sites (N-methyl/N-ethyl adjacent to an activating group) is 1. The van der Waals surface area contributed by atoms with Crippen LogP contribution in [-0.4, -0.2) is 69.9 Å². The molecular weight excluding hydrogens is 450 g/mol. The maximum absolute atomic E-state index is 13.0. The number of nitrogens with zero attached hydrogens (tertiary/aromatic N) is 5. The normalized spacial score (nSPS) is 14.3. The lowest BCUT2D eigenvalue weighted by Crippen LogP contribution is -2.44. The Hall–Kier alpha value is -4.38. The number of hydrogen-bond acceptors (Lipinski definition) is 9. The Bertz CT molecular complexity index is 1510. The van der Waals surface area contributed by atoms with Gasteiger partial charge in [0.15, 0.2) is 5.65 Å². The minimum Gasteiger partial charge on any atom is -0.506 e. The minimum atomic E-state index is -0.716. The molecule has 0 atom stereocenters. The summed E-state index contributed by atoms with van der Waals surface area (Å²) in [6.45, 7) is 3.80. The maximum atomic E-state index is 13.0. The van der Waals surface area contributed by atoms with Crippen molar-refractivity contribution < 1.29 is 9.84 Å². The second kappa shape index (κ2) is 9.11. The fourth-order valence-electron chi connectivity index (χ4n) is 4.13. The summed E-state index contributed by atoms with van der Waals surface area (Å²) < 4.78 is 6.48. The summed E-state index contributed by atoms with van der Waals surface area (Å²) >= 11 is 0. The van der Waals surface area contributed by atoms with E-state index in [0.29, 0.717) is 5.69 Å². The number of rotatable bonds is 5. The van der Waals surface area contributed by atoms with E-state index >= 15 is 0 Å². The van der Waals surface area contributed by atoms with E-state index in [0.717, 1.165) is 42.2 Å². The number of nitrogens with one attached hydrogen (secondary N) is 2. The first-order valence-electron chi connectivity index (χ1n) is 11.1. The van der Waals surface area contributed by atoms with Gasteiger partial charge in [0.25, 0.3) is 5.56 Å². The number of piperazine rings is 1. The minimum absolute atomic E-state index is 0.0791. The smallest absolute Gasteiger partial charge is 0.334 e. The van der Waals surface area contributed by atoms with Crippen molar-refractivity contribution in [2.45, 2.75) is 0 Å². The molecule has 2 aromatic heterocycles. The molecule has 180 valence electrons. The van der Waals surface area contributed by atoms with E-state index < -0.39 is 11.2 Å². The molecule has 0 saturated carbocycles. The summed E-state index contributed by atoms with van der Waals surface area (Å²) in [4.78, 5) is 41.4. The highest BCUT2D eigenvalue weighted by Crippen LogP contribution is 2.32. The first-order valence-corrected chi connectivity index (χ1v) is 11.1. The van der Waals surface area contributed by atoms with E-state index in [1.165, 1.54) is 18.3 Å². The zero-order chi connectivity index (χ0) is 24.5. The largest absolute Gasteiger partial charge is 0.506 e. The van der Waals surface area contributed by atoms with Gasteiger partial charge in [0.2, 0.25) is 5.95 Å². The second-order valence-corrected chi connectivity index (χ2v) is 8.32. The Balaban J connectivity index is 1.45. The number of phenols is 1. The van der Waals surface area contributed by atoms with Crippen LogP contribution in [0.5, 0.6) is 11.5 Å². The van der Waals surface area contributed by atoms with Crippen molar-refractivity contribution in [1.29, 1.82) is 0 Å². The fraction of sp³-hybridized carbons (Fsp3) is 0.250. The molecule has 1 aliphatic rings. The Morgan fingerprint density at radius 1 is 1.06 bits per heavy atom. The van der Waals surface area contributed by atoms with Gasteiger partial charge in [0, 0.05) is 44.1 Å². The number of methoxy groups -OCH3 is 1. The highest BCUT2D eigenvalue weighted by molar-refractivity contribution is 5.75. The summed E-state index contributed by atoms with van der Waals surface area (Å²) in [7, 11) is 3.74. The van der Waals surface area contributed by atoms with Crippen LogP contribution in [0.2, 0.25) is 0 Å². The number of anilines is 3. The van der Waals surface area contributed by atoms with E-state index in [1.54, 1.807) is 19.2 Å². The summed E-state index contributed by atoms with van der Waals surface area (Å²) in [5.74, 6) is 0.745. The molecule has 0 unspecified atom stereocenters. The van der Waals surface area contributed by atoms with Crippen molar-refractivity contribution in [2.24, 2.45) is 0 Å². The molecule has 3 N–H and O–H groups in total. The van der Waals surface area contributed by atoms with Crippen LogP contribution in [0, 0.1) is 0 Å². The molecule has 0 aliphatic carbocycles. The summed E-state index contributed by atoms with van der Waals surface area (Å²) in [5.41, 5.74) is 0.533. The molecule has 0 bridgehead atoms. The van der Waals surface area contributed by atoms with E-state index in [4.69, 9.17) is 4.74 Å². The monoisotopic (exact) mass is 475 g/mol. The van der Waals surface area contributed by atoms with Crippen molar-refractivity contribution >= 4 is 28.4 Å². The maximum Gasteiger partial charge on any atom is 0.334 e. The third-order valence-electron chi connectivity index (χ3n) is 6.05. The van der Waals surface area contributed by atoms with Crippen LogP contribution >= 0.6 is 0 Å². The zero-order valence-electron chi connectivity index (χ0n) is 19.4. The van der Waals surface area contributed by atoms with E-state index in [1.807, 2.05) is 18.2 Å². The Labute approximate surface area is 200 Å². The van der Waals surface area contributed by atoms with Gasteiger partial charge in [0.1, 0.15) is 16.9 Å². The summed E-state index contributed by atoms with van der Waals surface area (Å²) in [5, 5.41) is 13.3. The number of ether oxygens (including phenoxy) is 1. The first kappa shape index (κ1) is 22.4. The van der Waals surface area contributed by atoms with Crippen LogP contribution in [0.3, 0.4) is 0 Å². The Morgan fingerprint density at radius 2 is 1.83 bits per heavy atom. The third-order valence-corrected chi connectivity index (χ3v) is 6.05. The van der Waals surface area contributed by atoms with Gasteiger partial charge in [-0.2, -0.15) is 4.98 Å². The van der Waals surface area contributed by atoms with E-state index in [2.05, 4.69) is 37.1 Å². The third kappa shape index (κ3) is 4.28. The number of aromatic amines is 1. The molecule has 3 heterocycles. The molecule has 1 saturated heterocycles. The molecule has 5 rings (SSSR count). The van der Waals surface area contributed by atoms with Gasteiger partial charge in [0.05, 0.1) is 18.5 Å². The van der Waals surface area contributed by atoms with Crippen molar-refractivity contribution in [3.8, 4) is 17.2 Å². The molecule has 0 amide bonds. The van der Waals surface area contributed by atoms with Crippen molar-refractivity contribution in [1.82, 2.24) is 24.4 Å². The van der Waals surface area contributed by atoms with E-state index in [9.17, 15) is 14.7 Å². The summed E-state index contributed by atoms with van der Waals surface area (Å²) in [6.07, 6.45) is 1.34. The lowest BCUT2D eigenvalue weighted by molar-refractivity contribution is 0.311. The fourth-order valence-corrected chi connectivity index (χ4v) is 4.13. The lowest BCUT2D eigenvalue weighted by Gasteiger charge is -2.34.